The maximum Gasteiger partial charge on any atom is 0.258 e. The molecule has 0 radical (unpaired) electrons. The predicted octanol–water partition coefficient (Wildman–Crippen LogP) is 1.91. The Hall–Kier alpha value is -2.36. The number of benzene rings is 1. The van der Waals surface area contributed by atoms with E-state index in [9.17, 15) is 13.2 Å². The van der Waals surface area contributed by atoms with E-state index >= 15 is 0 Å². The smallest absolute Gasteiger partial charge is 0.258 e. The van der Waals surface area contributed by atoms with Crippen molar-refractivity contribution in [3.05, 3.63) is 29.6 Å². The van der Waals surface area contributed by atoms with Gasteiger partial charge < -0.3 is 5.73 Å². The summed E-state index contributed by atoms with van der Waals surface area (Å²) in [6.45, 7) is 0. The van der Waals surface area contributed by atoms with Crippen LogP contribution < -0.4 is 5.73 Å². The summed E-state index contributed by atoms with van der Waals surface area (Å²) in [5.74, 6) is -3.54. The van der Waals surface area contributed by atoms with Crippen LogP contribution in [0, 0.1) is 17.5 Å². The number of nitrogens with two attached hydrogens (primary N) is 1. The average molecular weight is 312 g/mol. The number of hydrogen-bond donors (Lipinski definition) is 1. The number of rotatable bonds is 2. The van der Waals surface area contributed by atoms with E-state index in [2.05, 4.69) is 20.1 Å². The molecule has 6 nitrogen and oxygen atoms in total. The Kier molecular flexibility index (Phi) is 3.16. The minimum absolute atomic E-state index is 0.00564. The summed E-state index contributed by atoms with van der Waals surface area (Å²) in [7, 11) is 0. The van der Waals surface area contributed by atoms with Crippen molar-refractivity contribution in [2.75, 3.05) is 12.0 Å². The number of nitrogens with zero attached hydrogens (tertiary/aromatic N) is 5. The van der Waals surface area contributed by atoms with Crippen molar-refractivity contribution in [2.24, 2.45) is 0 Å². The summed E-state index contributed by atoms with van der Waals surface area (Å²) in [6.07, 6.45) is 1.75. The molecule has 0 unspecified atom stereocenters. The summed E-state index contributed by atoms with van der Waals surface area (Å²) >= 11 is 1.24. The molecule has 0 fully saturated rings. The molecule has 3 aromatic rings. The van der Waals surface area contributed by atoms with E-state index in [4.69, 9.17) is 5.73 Å². The quantitative estimate of drug-likeness (QED) is 0.575. The van der Waals surface area contributed by atoms with Crippen LogP contribution >= 0.6 is 11.8 Å². The Morgan fingerprint density at radius 3 is 2.48 bits per heavy atom. The fourth-order valence-corrected chi connectivity index (χ4v) is 2.04. The number of aromatic nitrogens is 5. The molecule has 0 saturated heterocycles. The summed E-state index contributed by atoms with van der Waals surface area (Å²) in [5.41, 5.74) is 5.40. The van der Waals surface area contributed by atoms with Crippen LogP contribution in [0.1, 0.15) is 0 Å². The van der Waals surface area contributed by atoms with Crippen LogP contribution in [-0.2, 0) is 0 Å². The van der Waals surface area contributed by atoms with Crippen LogP contribution in [0.2, 0.25) is 0 Å². The summed E-state index contributed by atoms with van der Waals surface area (Å²) < 4.78 is 41.0. The molecule has 108 valence electrons. The van der Waals surface area contributed by atoms with Crippen molar-refractivity contribution in [3.63, 3.8) is 0 Å². The molecule has 0 spiro atoms. The van der Waals surface area contributed by atoms with Crippen LogP contribution in [0.3, 0.4) is 0 Å². The van der Waals surface area contributed by atoms with Crippen LogP contribution in [0.4, 0.5) is 19.1 Å². The zero-order chi connectivity index (χ0) is 15.1. The first kappa shape index (κ1) is 13.6. The van der Waals surface area contributed by atoms with E-state index in [0.29, 0.717) is 17.3 Å². The van der Waals surface area contributed by atoms with E-state index in [1.807, 2.05) is 0 Å². The molecule has 3 rings (SSSR count). The van der Waals surface area contributed by atoms with Crippen molar-refractivity contribution in [1.82, 2.24) is 24.6 Å². The van der Waals surface area contributed by atoms with Crippen LogP contribution in [0.15, 0.2) is 17.3 Å². The van der Waals surface area contributed by atoms with Crippen molar-refractivity contribution in [3.8, 4) is 11.4 Å². The summed E-state index contributed by atoms with van der Waals surface area (Å²) in [6, 6.07) is 1.11. The first-order valence-corrected chi connectivity index (χ1v) is 6.81. The standard InChI is InChI=1S/C11H7F3N6S/c1-21-11-17-9(15)20-10(18-11)16-8(19-20)4-2-6(13)7(14)3-5(4)12/h2-3H,1H3,(H2,15,16,17,18,19). The largest absolute Gasteiger partial charge is 0.368 e. The van der Waals surface area contributed by atoms with Crippen molar-refractivity contribution >= 4 is 23.5 Å². The van der Waals surface area contributed by atoms with E-state index in [-0.39, 0.29) is 23.1 Å². The molecule has 0 bridgehead atoms. The molecular formula is C11H7F3N6S. The van der Waals surface area contributed by atoms with Crippen LogP contribution in [0.5, 0.6) is 0 Å². The van der Waals surface area contributed by atoms with Gasteiger partial charge in [0, 0.05) is 6.07 Å². The van der Waals surface area contributed by atoms with E-state index < -0.39 is 17.5 Å². The highest BCUT2D eigenvalue weighted by atomic mass is 32.2. The highest BCUT2D eigenvalue weighted by Crippen LogP contribution is 2.23. The first-order chi connectivity index (χ1) is 9.99. The van der Waals surface area contributed by atoms with Gasteiger partial charge >= 0.3 is 0 Å². The van der Waals surface area contributed by atoms with Gasteiger partial charge in [-0.15, -0.1) is 5.10 Å². The lowest BCUT2D eigenvalue weighted by molar-refractivity contribution is 0.496. The topological polar surface area (TPSA) is 82.0 Å². The van der Waals surface area contributed by atoms with Gasteiger partial charge in [0.15, 0.2) is 22.6 Å². The normalized spacial score (nSPS) is 11.2. The molecule has 2 N–H and O–H groups in total. The predicted molar refractivity (Wildman–Crippen MR) is 70.1 cm³/mol. The van der Waals surface area contributed by atoms with Gasteiger partial charge in [-0.2, -0.15) is 19.5 Å². The van der Waals surface area contributed by atoms with Crippen molar-refractivity contribution in [2.45, 2.75) is 5.16 Å². The Morgan fingerprint density at radius 2 is 1.76 bits per heavy atom. The van der Waals surface area contributed by atoms with Gasteiger partial charge in [0.2, 0.25) is 5.95 Å². The number of thioether (sulfide) groups is 1. The van der Waals surface area contributed by atoms with Gasteiger partial charge in [0.05, 0.1) is 5.56 Å². The second-order valence-electron chi connectivity index (χ2n) is 3.96. The molecule has 0 aliphatic rings. The molecule has 1 aromatic carbocycles. The number of anilines is 1. The molecule has 0 aliphatic carbocycles. The third-order valence-electron chi connectivity index (χ3n) is 2.65. The van der Waals surface area contributed by atoms with Gasteiger partial charge in [-0.05, 0) is 12.3 Å². The molecule has 0 aliphatic heterocycles. The Labute approximate surface area is 120 Å². The highest BCUT2D eigenvalue weighted by molar-refractivity contribution is 7.98. The minimum Gasteiger partial charge on any atom is -0.368 e. The zero-order valence-electron chi connectivity index (χ0n) is 10.5. The molecule has 0 amide bonds. The minimum atomic E-state index is -1.29. The molecular weight excluding hydrogens is 305 g/mol. The lowest BCUT2D eigenvalue weighted by Crippen LogP contribution is -2.04. The van der Waals surface area contributed by atoms with Gasteiger partial charge in [0.25, 0.3) is 5.78 Å². The van der Waals surface area contributed by atoms with Gasteiger partial charge in [-0.1, -0.05) is 11.8 Å². The summed E-state index contributed by atoms with van der Waals surface area (Å²) in [4.78, 5) is 11.9. The Morgan fingerprint density at radius 1 is 1.05 bits per heavy atom. The number of nitrogen functional groups attached to an aromatic ring is 1. The van der Waals surface area contributed by atoms with Gasteiger partial charge in [-0.25, -0.2) is 13.2 Å². The fourth-order valence-electron chi connectivity index (χ4n) is 1.69. The monoisotopic (exact) mass is 312 g/mol. The molecule has 0 saturated carbocycles. The van der Waals surface area contributed by atoms with E-state index in [1.165, 1.54) is 11.8 Å². The lowest BCUT2D eigenvalue weighted by atomic mass is 10.2. The molecule has 2 aromatic heterocycles. The molecule has 2 heterocycles. The van der Waals surface area contributed by atoms with Crippen LogP contribution in [0.25, 0.3) is 17.2 Å². The Balaban J connectivity index is 2.22. The second kappa shape index (κ2) is 4.88. The van der Waals surface area contributed by atoms with Crippen molar-refractivity contribution < 1.29 is 13.2 Å². The van der Waals surface area contributed by atoms with Crippen molar-refractivity contribution in [1.29, 1.82) is 0 Å². The second-order valence-corrected chi connectivity index (χ2v) is 4.74. The fraction of sp³-hybridized carbons (Fsp3) is 0.0909. The zero-order valence-corrected chi connectivity index (χ0v) is 11.3. The van der Waals surface area contributed by atoms with Gasteiger partial charge in [0.1, 0.15) is 5.82 Å². The maximum atomic E-state index is 13.7. The molecule has 21 heavy (non-hydrogen) atoms. The number of halogens is 3. The molecule has 0 atom stereocenters. The third-order valence-corrected chi connectivity index (χ3v) is 3.19. The van der Waals surface area contributed by atoms with E-state index in [0.717, 1.165) is 4.52 Å². The third kappa shape index (κ3) is 2.27. The molecule has 10 heteroatoms. The highest BCUT2D eigenvalue weighted by Gasteiger charge is 2.17. The number of hydrogen-bond acceptors (Lipinski definition) is 6. The SMILES string of the molecule is CSc1nc(N)n2nc(-c3cc(F)c(F)cc3F)nc2n1. The first-order valence-electron chi connectivity index (χ1n) is 5.59. The van der Waals surface area contributed by atoms with Gasteiger partial charge in [-0.3, -0.25) is 0 Å². The maximum absolute atomic E-state index is 13.7. The number of fused-ring (bicyclic) bond motifs is 1. The van der Waals surface area contributed by atoms with E-state index in [1.54, 1.807) is 6.26 Å². The average Bonchev–Trinajstić information content (AvgIpc) is 2.87. The Bertz CT molecular complexity index is 850. The summed E-state index contributed by atoms with van der Waals surface area (Å²) in [5, 5.41) is 4.27. The lowest BCUT2D eigenvalue weighted by Gasteiger charge is -1.99. The van der Waals surface area contributed by atoms with Crippen LogP contribution in [-0.4, -0.2) is 30.8 Å².